The van der Waals surface area contributed by atoms with Crippen molar-refractivity contribution in [3.05, 3.63) is 55.9 Å². The number of aryl methyl sites for hydroxylation is 2. The highest BCUT2D eigenvalue weighted by atomic mass is 32.1. The molecule has 1 amide bonds. The SMILES string of the molecule is Cc1csc([C@@H](Cc2ccsc2)NC(=O)c2cnn(C)c2C)n1. The van der Waals surface area contributed by atoms with Crippen LogP contribution in [0.25, 0.3) is 0 Å². The Balaban J connectivity index is 1.83. The molecule has 0 bridgehead atoms. The molecule has 0 unspecified atom stereocenters. The van der Waals surface area contributed by atoms with Crippen molar-refractivity contribution < 1.29 is 4.79 Å². The second-order valence-electron chi connectivity index (χ2n) is 5.46. The minimum Gasteiger partial charge on any atom is -0.342 e. The van der Waals surface area contributed by atoms with Crippen molar-refractivity contribution in [2.75, 3.05) is 0 Å². The van der Waals surface area contributed by atoms with Crippen molar-refractivity contribution >= 4 is 28.6 Å². The molecular weight excluding hydrogens is 328 g/mol. The monoisotopic (exact) mass is 346 g/mol. The Bertz CT molecular complexity index is 804. The lowest BCUT2D eigenvalue weighted by Crippen LogP contribution is -2.30. The largest absolute Gasteiger partial charge is 0.342 e. The Morgan fingerprint density at radius 2 is 2.22 bits per heavy atom. The molecule has 0 fully saturated rings. The van der Waals surface area contributed by atoms with Gasteiger partial charge < -0.3 is 5.32 Å². The smallest absolute Gasteiger partial charge is 0.255 e. The van der Waals surface area contributed by atoms with E-state index in [1.807, 2.05) is 31.7 Å². The van der Waals surface area contributed by atoms with Crippen LogP contribution in [-0.4, -0.2) is 20.7 Å². The van der Waals surface area contributed by atoms with Gasteiger partial charge in [-0.25, -0.2) is 4.98 Å². The molecule has 5 nitrogen and oxygen atoms in total. The molecular formula is C16H18N4OS2. The summed E-state index contributed by atoms with van der Waals surface area (Å²) in [6, 6.07) is 1.95. The van der Waals surface area contributed by atoms with Gasteiger partial charge in [-0.15, -0.1) is 11.3 Å². The molecule has 7 heteroatoms. The van der Waals surface area contributed by atoms with Crippen LogP contribution in [0.4, 0.5) is 0 Å². The van der Waals surface area contributed by atoms with Crippen LogP contribution in [0.3, 0.4) is 0 Å². The molecule has 0 radical (unpaired) electrons. The Hall–Kier alpha value is -1.99. The fourth-order valence-electron chi connectivity index (χ4n) is 2.33. The molecule has 0 saturated carbocycles. The summed E-state index contributed by atoms with van der Waals surface area (Å²) < 4.78 is 1.70. The highest BCUT2D eigenvalue weighted by molar-refractivity contribution is 7.09. The molecule has 1 atom stereocenters. The number of nitrogens with one attached hydrogen (secondary N) is 1. The van der Waals surface area contributed by atoms with Crippen molar-refractivity contribution in [2.45, 2.75) is 26.3 Å². The predicted molar refractivity (Wildman–Crippen MR) is 93.0 cm³/mol. The van der Waals surface area contributed by atoms with E-state index in [0.717, 1.165) is 22.8 Å². The maximum absolute atomic E-state index is 12.6. The first-order chi connectivity index (χ1) is 11.0. The molecule has 0 aliphatic rings. The Morgan fingerprint density at radius 3 is 2.78 bits per heavy atom. The Morgan fingerprint density at radius 1 is 1.39 bits per heavy atom. The summed E-state index contributed by atoms with van der Waals surface area (Å²) in [6.45, 7) is 3.86. The molecule has 1 N–H and O–H groups in total. The van der Waals surface area contributed by atoms with Gasteiger partial charge in [-0.2, -0.15) is 16.4 Å². The van der Waals surface area contributed by atoms with Gasteiger partial charge >= 0.3 is 0 Å². The van der Waals surface area contributed by atoms with Crippen molar-refractivity contribution in [1.29, 1.82) is 0 Å². The van der Waals surface area contributed by atoms with E-state index in [1.54, 1.807) is 33.6 Å². The van der Waals surface area contributed by atoms with Crippen LogP contribution in [-0.2, 0) is 13.5 Å². The summed E-state index contributed by atoms with van der Waals surface area (Å²) in [6.07, 6.45) is 2.35. The average molecular weight is 346 g/mol. The molecule has 3 heterocycles. The first-order valence-corrected chi connectivity index (χ1v) is 9.09. The Labute approximate surface area is 143 Å². The van der Waals surface area contributed by atoms with E-state index < -0.39 is 0 Å². The molecule has 120 valence electrons. The maximum atomic E-state index is 12.6. The van der Waals surface area contributed by atoms with E-state index in [-0.39, 0.29) is 11.9 Å². The number of thiophene rings is 1. The zero-order valence-corrected chi connectivity index (χ0v) is 14.9. The van der Waals surface area contributed by atoms with Gasteiger partial charge in [0, 0.05) is 30.2 Å². The fraction of sp³-hybridized carbons (Fsp3) is 0.312. The molecule has 3 aromatic rings. The normalized spacial score (nSPS) is 12.3. The molecule has 0 aliphatic carbocycles. The average Bonchev–Trinajstić information content (AvgIpc) is 3.23. The van der Waals surface area contributed by atoms with Crippen LogP contribution in [0, 0.1) is 13.8 Å². The number of carbonyl (C=O) groups excluding carboxylic acids is 1. The minimum absolute atomic E-state index is 0.108. The Kier molecular flexibility index (Phi) is 4.58. The molecule has 3 rings (SSSR count). The summed E-state index contributed by atoms with van der Waals surface area (Å²) in [5, 5.41) is 14.4. The van der Waals surface area contributed by atoms with Crippen molar-refractivity contribution in [2.24, 2.45) is 7.05 Å². The lowest BCUT2D eigenvalue weighted by atomic mass is 10.1. The molecule has 0 spiro atoms. The van der Waals surface area contributed by atoms with Gasteiger partial charge in [-0.3, -0.25) is 9.48 Å². The predicted octanol–water partition coefficient (Wildman–Crippen LogP) is 3.27. The number of hydrogen-bond acceptors (Lipinski definition) is 5. The number of rotatable bonds is 5. The lowest BCUT2D eigenvalue weighted by molar-refractivity contribution is 0.0935. The van der Waals surface area contributed by atoms with Crippen LogP contribution >= 0.6 is 22.7 Å². The van der Waals surface area contributed by atoms with Gasteiger partial charge in [0.15, 0.2) is 0 Å². The topological polar surface area (TPSA) is 59.8 Å². The highest BCUT2D eigenvalue weighted by Crippen LogP contribution is 2.24. The van der Waals surface area contributed by atoms with Crippen molar-refractivity contribution in [3.63, 3.8) is 0 Å². The van der Waals surface area contributed by atoms with E-state index in [2.05, 4.69) is 26.8 Å². The number of aromatic nitrogens is 3. The van der Waals surface area contributed by atoms with Crippen LogP contribution in [0.5, 0.6) is 0 Å². The summed E-state index contributed by atoms with van der Waals surface area (Å²) in [5.41, 5.74) is 3.64. The van der Waals surface area contributed by atoms with E-state index >= 15 is 0 Å². The van der Waals surface area contributed by atoms with Crippen LogP contribution in [0.2, 0.25) is 0 Å². The van der Waals surface area contributed by atoms with Gasteiger partial charge in [0.25, 0.3) is 5.91 Å². The highest BCUT2D eigenvalue weighted by Gasteiger charge is 2.21. The third-order valence-electron chi connectivity index (χ3n) is 3.74. The van der Waals surface area contributed by atoms with Gasteiger partial charge in [0.2, 0.25) is 0 Å². The van der Waals surface area contributed by atoms with Crippen molar-refractivity contribution in [3.8, 4) is 0 Å². The van der Waals surface area contributed by atoms with E-state index in [9.17, 15) is 4.79 Å². The van der Waals surface area contributed by atoms with E-state index in [4.69, 9.17) is 0 Å². The van der Waals surface area contributed by atoms with Gasteiger partial charge in [-0.05, 0) is 36.2 Å². The number of carbonyl (C=O) groups is 1. The summed E-state index contributed by atoms with van der Waals surface area (Å²) in [5.74, 6) is -0.108. The zero-order valence-electron chi connectivity index (χ0n) is 13.2. The molecule has 0 saturated heterocycles. The first-order valence-electron chi connectivity index (χ1n) is 7.27. The number of hydrogen-bond donors (Lipinski definition) is 1. The quantitative estimate of drug-likeness (QED) is 0.771. The third kappa shape index (κ3) is 3.51. The van der Waals surface area contributed by atoms with Gasteiger partial charge in [0.05, 0.1) is 17.8 Å². The number of thiazole rings is 1. The molecule has 0 aromatic carbocycles. The van der Waals surface area contributed by atoms with Gasteiger partial charge in [0.1, 0.15) is 5.01 Å². The third-order valence-corrected chi connectivity index (χ3v) is 5.55. The lowest BCUT2D eigenvalue weighted by Gasteiger charge is -2.16. The van der Waals surface area contributed by atoms with Crippen LogP contribution in [0.1, 0.15) is 38.4 Å². The number of nitrogens with zero attached hydrogens (tertiary/aromatic N) is 3. The van der Waals surface area contributed by atoms with E-state index in [0.29, 0.717) is 5.56 Å². The molecule has 23 heavy (non-hydrogen) atoms. The van der Waals surface area contributed by atoms with Crippen LogP contribution in [0.15, 0.2) is 28.4 Å². The molecule has 3 aromatic heterocycles. The summed E-state index contributed by atoms with van der Waals surface area (Å²) in [4.78, 5) is 17.2. The van der Waals surface area contributed by atoms with E-state index in [1.165, 1.54) is 5.56 Å². The minimum atomic E-state index is -0.129. The second-order valence-corrected chi connectivity index (χ2v) is 7.13. The maximum Gasteiger partial charge on any atom is 0.255 e. The second kappa shape index (κ2) is 6.64. The summed E-state index contributed by atoms with van der Waals surface area (Å²) >= 11 is 3.24. The first kappa shape index (κ1) is 15.9. The fourth-order valence-corrected chi connectivity index (χ4v) is 3.86. The number of amides is 1. The molecule has 0 aliphatic heterocycles. The zero-order chi connectivity index (χ0) is 16.4. The standard InChI is InChI=1S/C16H18N4OS2/c1-10-8-23-16(18-10)14(6-12-4-5-22-9-12)19-15(21)13-7-17-20(3)11(13)2/h4-5,7-9,14H,6H2,1-3H3,(H,19,21)/t14-/m1/s1. The van der Waals surface area contributed by atoms with Crippen LogP contribution < -0.4 is 5.32 Å². The van der Waals surface area contributed by atoms with Gasteiger partial charge in [-0.1, -0.05) is 0 Å². The van der Waals surface area contributed by atoms with Crippen molar-refractivity contribution in [1.82, 2.24) is 20.1 Å². The summed E-state index contributed by atoms with van der Waals surface area (Å²) in [7, 11) is 1.83.